The number of rotatable bonds is 6. The predicted octanol–water partition coefficient (Wildman–Crippen LogP) is 4.11. The fraction of sp³-hybridized carbons (Fsp3) is 0.381. The molecule has 140 valence electrons. The Morgan fingerprint density at radius 2 is 1.92 bits per heavy atom. The zero-order valence-electron chi connectivity index (χ0n) is 16.2. The normalized spacial score (nSPS) is 13.2. The van der Waals surface area contributed by atoms with Gasteiger partial charge < -0.3 is 4.57 Å². The number of aryl methyl sites for hydroxylation is 2. The molecular formula is C21H27NO3S. The van der Waals surface area contributed by atoms with Gasteiger partial charge in [0.25, 0.3) is 5.56 Å². The highest BCUT2D eigenvalue weighted by Crippen LogP contribution is 2.23. The lowest BCUT2D eigenvalue weighted by Gasteiger charge is -2.23. The van der Waals surface area contributed by atoms with Crippen LogP contribution in [0, 0.1) is 6.92 Å². The Morgan fingerprint density at radius 3 is 2.50 bits per heavy atom. The molecule has 0 saturated heterocycles. The second-order valence-corrected chi connectivity index (χ2v) is 10.1. The van der Waals surface area contributed by atoms with E-state index in [1.54, 1.807) is 24.5 Å². The number of benzene rings is 1. The van der Waals surface area contributed by atoms with Crippen LogP contribution >= 0.6 is 0 Å². The SMILES string of the molecule is C=C/C=C(\C)c1ccc2c(=O)n(CCC(C)(C)S(C)(=O)=O)cc(C)c2c1. The van der Waals surface area contributed by atoms with Crippen LogP contribution in [0.4, 0.5) is 0 Å². The third kappa shape index (κ3) is 3.98. The summed E-state index contributed by atoms with van der Waals surface area (Å²) in [5, 5.41) is 1.57. The number of fused-ring (bicyclic) bond motifs is 1. The molecule has 0 bridgehead atoms. The lowest BCUT2D eigenvalue weighted by Crippen LogP contribution is -2.33. The zero-order chi connectivity index (χ0) is 19.7. The summed E-state index contributed by atoms with van der Waals surface area (Å²) in [7, 11) is -3.19. The van der Waals surface area contributed by atoms with Crippen LogP contribution in [0.25, 0.3) is 16.3 Å². The van der Waals surface area contributed by atoms with Gasteiger partial charge >= 0.3 is 0 Å². The van der Waals surface area contributed by atoms with Gasteiger partial charge in [-0.25, -0.2) is 8.42 Å². The number of allylic oxidation sites excluding steroid dienone is 3. The molecule has 0 spiro atoms. The summed E-state index contributed by atoms with van der Waals surface area (Å²) in [5.41, 5.74) is 3.04. The highest BCUT2D eigenvalue weighted by molar-refractivity contribution is 7.92. The highest BCUT2D eigenvalue weighted by Gasteiger charge is 2.29. The Kier molecular flexibility index (Phi) is 5.61. The van der Waals surface area contributed by atoms with E-state index < -0.39 is 14.6 Å². The Balaban J connectivity index is 2.48. The second kappa shape index (κ2) is 7.23. The third-order valence-electron chi connectivity index (χ3n) is 5.07. The maximum Gasteiger partial charge on any atom is 0.258 e. The summed E-state index contributed by atoms with van der Waals surface area (Å²) in [6.07, 6.45) is 7.12. The van der Waals surface area contributed by atoms with Crippen molar-refractivity contribution in [1.82, 2.24) is 4.57 Å². The molecule has 1 aromatic carbocycles. The molecule has 26 heavy (non-hydrogen) atoms. The van der Waals surface area contributed by atoms with Crippen molar-refractivity contribution in [2.45, 2.75) is 45.4 Å². The molecule has 0 saturated carbocycles. The third-order valence-corrected chi connectivity index (χ3v) is 7.28. The van der Waals surface area contributed by atoms with E-state index in [1.165, 1.54) is 6.26 Å². The van der Waals surface area contributed by atoms with Gasteiger partial charge in [-0.05, 0) is 68.3 Å². The van der Waals surface area contributed by atoms with Gasteiger partial charge in [-0.1, -0.05) is 24.8 Å². The summed E-state index contributed by atoms with van der Waals surface area (Å²) in [4.78, 5) is 12.8. The van der Waals surface area contributed by atoms with E-state index in [4.69, 9.17) is 0 Å². The molecule has 2 rings (SSSR count). The van der Waals surface area contributed by atoms with Crippen molar-refractivity contribution < 1.29 is 8.42 Å². The number of nitrogens with zero attached hydrogens (tertiary/aromatic N) is 1. The molecule has 2 aromatic rings. The largest absolute Gasteiger partial charge is 0.315 e. The van der Waals surface area contributed by atoms with Crippen LogP contribution in [0.2, 0.25) is 0 Å². The first-order chi connectivity index (χ1) is 12.0. The summed E-state index contributed by atoms with van der Waals surface area (Å²) >= 11 is 0. The summed E-state index contributed by atoms with van der Waals surface area (Å²) in [6, 6.07) is 5.80. The second-order valence-electron chi connectivity index (χ2n) is 7.44. The summed E-state index contributed by atoms with van der Waals surface area (Å²) in [5.74, 6) is 0. The molecule has 0 aliphatic rings. The van der Waals surface area contributed by atoms with E-state index in [-0.39, 0.29) is 5.56 Å². The summed E-state index contributed by atoms with van der Waals surface area (Å²) in [6.45, 7) is 11.5. The Labute approximate surface area is 155 Å². The molecule has 0 N–H and O–H groups in total. The van der Waals surface area contributed by atoms with Crippen molar-refractivity contribution in [2.24, 2.45) is 0 Å². The van der Waals surface area contributed by atoms with Crippen molar-refractivity contribution in [3.8, 4) is 0 Å². The van der Waals surface area contributed by atoms with Crippen LogP contribution in [0.3, 0.4) is 0 Å². The number of hydrogen-bond acceptors (Lipinski definition) is 3. The maximum absolute atomic E-state index is 12.8. The van der Waals surface area contributed by atoms with E-state index in [0.717, 1.165) is 22.1 Å². The molecule has 1 aromatic heterocycles. The van der Waals surface area contributed by atoms with Gasteiger partial charge in [0.1, 0.15) is 0 Å². The van der Waals surface area contributed by atoms with Crippen molar-refractivity contribution in [3.63, 3.8) is 0 Å². The first-order valence-corrected chi connectivity index (χ1v) is 10.5. The summed E-state index contributed by atoms with van der Waals surface area (Å²) < 4.78 is 24.5. The van der Waals surface area contributed by atoms with Crippen molar-refractivity contribution in [2.75, 3.05) is 6.26 Å². The van der Waals surface area contributed by atoms with Crippen molar-refractivity contribution in [3.05, 3.63) is 64.6 Å². The lowest BCUT2D eigenvalue weighted by molar-refractivity contribution is 0.496. The van der Waals surface area contributed by atoms with Gasteiger partial charge in [-0.15, -0.1) is 0 Å². The quantitative estimate of drug-likeness (QED) is 0.716. The molecule has 4 nitrogen and oxygen atoms in total. The zero-order valence-corrected chi connectivity index (χ0v) is 17.0. The number of pyridine rings is 1. The van der Waals surface area contributed by atoms with Gasteiger partial charge in [0.2, 0.25) is 0 Å². The molecule has 0 aliphatic heterocycles. The average Bonchev–Trinajstić information content (AvgIpc) is 2.55. The fourth-order valence-corrected chi connectivity index (χ4v) is 3.30. The molecule has 0 atom stereocenters. The van der Waals surface area contributed by atoms with Crippen LogP contribution < -0.4 is 5.56 Å². The molecule has 1 heterocycles. The van der Waals surface area contributed by atoms with Crippen LogP contribution in [0.15, 0.2) is 47.9 Å². The molecule has 5 heteroatoms. The highest BCUT2D eigenvalue weighted by atomic mass is 32.2. The number of sulfone groups is 1. The fourth-order valence-electron chi connectivity index (χ4n) is 2.83. The molecule has 0 amide bonds. The Bertz CT molecular complexity index is 1040. The topological polar surface area (TPSA) is 56.1 Å². The number of hydrogen-bond donors (Lipinski definition) is 0. The van der Waals surface area contributed by atoms with E-state index in [9.17, 15) is 13.2 Å². The first-order valence-electron chi connectivity index (χ1n) is 8.61. The van der Waals surface area contributed by atoms with Crippen molar-refractivity contribution in [1.29, 1.82) is 0 Å². The smallest absolute Gasteiger partial charge is 0.258 e. The van der Waals surface area contributed by atoms with Crippen LogP contribution in [0.1, 0.15) is 38.3 Å². The molecule has 0 radical (unpaired) electrons. The Hall–Kier alpha value is -2.14. The maximum atomic E-state index is 12.8. The van der Waals surface area contributed by atoms with Crippen molar-refractivity contribution >= 4 is 26.2 Å². The minimum absolute atomic E-state index is 0.0909. The van der Waals surface area contributed by atoms with Gasteiger partial charge in [0.15, 0.2) is 9.84 Å². The van der Waals surface area contributed by atoms with E-state index in [1.807, 2.05) is 44.3 Å². The van der Waals surface area contributed by atoms with Gasteiger partial charge in [-0.2, -0.15) is 0 Å². The minimum Gasteiger partial charge on any atom is -0.315 e. The van der Waals surface area contributed by atoms with E-state index >= 15 is 0 Å². The minimum atomic E-state index is -3.19. The average molecular weight is 374 g/mol. The van der Waals surface area contributed by atoms with Gasteiger partial charge in [0, 0.05) is 24.4 Å². The van der Waals surface area contributed by atoms with E-state index in [2.05, 4.69) is 6.58 Å². The standard InChI is InChI=1S/C21H27NO3S/c1-7-8-15(2)17-9-10-18-19(13-17)16(3)14-22(20(18)23)12-11-21(4,5)26(6,24)25/h7-10,13-14H,1,11-12H2,2-6H3/b15-8+. The van der Waals surface area contributed by atoms with Crippen LogP contribution in [-0.2, 0) is 16.4 Å². The molecule has 0 fully saturated rings. The molecule has 0 aliphatic carbocycles. The monoisotopic (exact) mass is 373 g/mol. The lowest BCUT2D eigenvalue weighted by atomic mass is 10.0. The van der Waals surface area contributed by atoms with Gasteiger partial charge in [-0.3, -0.25) is 4.79 Å². The van der Waals surface area contributed by atoms with Crippen LogP contribution in [-0.4, -0.2) is 24.0 Å². The number of aromatic nitrogens is 1. The predicted molar refractivity (Wildman–Crippen MR) is 110 cm³/mol. The van der Waals surface area contributed by atoms with Gasteiger partial charge in [0.05, 0.1) is 4.75 Å². The Morgan fingerprint density at radius 1 is 1.27 bits per heavy atom. The van der Waals surface area contributed by atoms with E-state index in [0.29, 0.717) is 18.4 Å². The first kappa shape index (κ1) is 20.2. The van der Waals surface area contributed by atoms with Crippen LogP contribution in [0.5, 0.6) is 0 Å². The molecule has 0 unspecified atom stereocenters. The molecular weight excluding hydrogens is 346 g/mol.